The van der Waals surface area contributed by atoms with Crippen LogP contribution in [0.4, 0.5) is 0 Å². The average Bonchev–Trinajstić information content (AvgIpc) is 2.39. The number of ether oxygens (including phenoxy) is 1. The molecule has 0 spiro atoms. The molecule has 2 N–H and O–H groups in total. The van der Waals surface area contributed by atoms with Crippen LogP contribution in [0, 0.1) is 6.92 Å². The van der Waals surface area contributed by atoms with Crippen LogP contribution < -0.4 is 15.4 Å². The lowest BCUT2D eigenvalue weighted by Gasteiger charge is -2.08. The zero-order valence-corrected chi connectivity index (χ0v) is 12.2. The molecule has 0 saturated carbocycles. The lowest BCUT2D eigenvalue weighted by atomic mass is 10.2. The van der Waals surface area contributed by atoms with E-state index in [9.17, 15) is 4.79 Å². The molecular weight excluding hydrogens is 264 g/mol. The normalized spacial score (nSPS) is 10.3. The molecular formula is C14H21ClN2O2. The zero-order valence-electron chi connectivity index (χ0n) is 11.5. The van der Waals surface area contributed by atoms with Crippen molar-refractivity contribution in [1.82, 2.24) is 10.6 Å². The van der Waals surface area contributed by atoms with E-state index in [1.807, 2.05) is 32.2 Å². The van der Waals surface area contributed by atoms with Gasteiger partial charge in [-0.2, -0.15) is 0 Å². The summed E-state index contributed by atoms with van der Waals surface area (Å²) in [6, 6.07) is 5.55. The molecule has 1 amide bonds. The van der Waals surface area contributed by atoms with Gasteiger partial charge in [0.15, 0.2) is 0 Å². The molecule has 5 heteroatoms. The first-order valence-corrected chi connectivity index (χ1v) is 6.81. The third-order valence-electron chi connectivity index (χ3n) is 2.64. The van der Waals surface area contributed by atoms with Gasteiger partial charge >= 0.3 is 0 Å². The molecule has 0 saturated heterocycles. The topological polar surface area (TPSA) is 50.4 Å². The van der Waals surface area contributed by atoms with Crippen LogP contribution in [0.3, 0.4) is 0 Å². The first-order chi connectivity index (χ1) is 9.13. The Morgan fingerprint density at radius 3 is 2.84 bits per heavy atom. The van der Waals surface area contributed by atoms with E-state index < -0.39 is 0 Å². The third-order valence-corrected chi connectivity index (χ3v) is 3.07. The maximum absolute atomic E-state index is 11.4. The van der Waals surface area contributed by atoms with Gasteiger partial charge in [0.25, 0.3) is 0 Å². The van der Waals surface area contributed by atoms with Crippen molar-refractivity contribution in [3.63, 3.8) is 0 Å². The van der Waals surface area contributed by atoms with E-state index in [0.29, 0.717) is 26.0 Å². The monoisotopic (exact) mass is 284 g/mol. The van der Waals surface area contributed by atoms with Crippen molar-refractivity contribution in [2.24, 2.45) is 0 Å². The number of benzene rings is 1. The Kier molecular flexibility index (Phi) is 7.30. The number of hydrogen-bond donors (Lipinski definition) is 2. The molecule has 0 aliphatic rings. The van der Waals surface area contributed by atoms with E-state index >= 15 is 0 Å². The number of carbonyl (C=O) groups is 1. The lowest BCUT2D eigenvalue weighted by molar-refractivity contribution is -0.121. The minimum absolute atomic E-state index is 0.0612. The summed E-state index contributed by atoms with van der Waals surface area (Å²) in [7, 11) is 1.86. The number of nitrogens with one attached hydrogen (secondary N) is 2. The van der Waals surface area contributed by atoms with Crippen molar-refractivity contribution in [3.05, 3.63) is 28.8 Å². The van der Waals surface area contributed by atoms with Crippen LogP contribution >= 0.6 is 11.6 Å². The van der Waals surface area contributed by atoms with Crippen LogP contribution in [0.5, 0.6) is 5.75 Å². The van der Waals surface area contributed by atoms with E-state index in [2.05, 4.69) is 10.6 Å². The Balaban J connectivity index is 2.16. The van der Waals surface area contributed by atoms with E-state index in [0.717, 1.165) is 22.9 Å². The SMILES string of the molecule is CNCCNC(=O)CCCOc1ccc(Cl)c(C)c1. The number of carbonyl (C=O) groups excluding carboxylic acids is 1. The molecule has 1 aromatic rings. The summed E-state index contributed by atoms with van der Waals surface area (Å²) in [5.41, 5.74) is 0.990. The van der Waals surface area contributed by atoms with Gasteiger partial charge < -0.3 is 15.4 Å². The largest absolute Gasteiger partial charge is 0.494 e. The van der Waals surface area contributed by atoms with Crippen molar-refractivity contribution in [3.8, 4) is 5.75 Å². The summed E-state index contributed by atoms with van der Waals surface area (Å²) in [6.07, 6.45) is 1.18. The van der Waals surface area contributed by atoms with E-state index in [1.165, 1.54) is 0 Å². The molecule has 4 nitrogen and oxygen atoms in total. The molecule has 0 fully saturated rings. The van der Waals surface area contributed by atoms with Crippen LogP contribution in [0.2, 0.25) is 5.02 Å². The Labute approximate surface area is 119 Å². The van der Waals surface area contributed by atoms with Gasteiger partial charge in [0.2, 0.25) is 5.91 Å². The molecule has 0 bridgehead atoms. The van der Waals surface area contributed by atoms with E-state index in [4.69, 9.17) is 16.3 Å². The standard InChI is InChI=1S/C14H21ClN2O2/c1-11-10-12(5-6-13(11)15)19-9-3-4-14(18)17-8-7-16-2/h5-6,10,16H,3-4,7-9H2,1-2H3,(H,17,18). The summed E-state index contributed by atoms with van der Waals surface area (Å²) in [6.45, 7) is 3.91. The summed E-state index contributed by atoms with van der Waals surface area (Å²) >= 11 is 5.93. The van der Waals surface area contributed by atoms with Crippen molar-refractivity contribution in [1.29, 1.82) is 0 Å². The van der Waals surface area contributed by atoms with Crippen molar-refractivity contribution >= 4 is 17.5 Å². The van der Waals surface area contributed by atoms with E-state index in [1.54, 1.807) is 0 Å². The highest BCUT2D eigenvalue weighted by Gasteiger charge is 2.02. The second-order valence-electron chi connectivity index (χ2n) is 4.32. The number of rotatable bonds is 8. The predicted octanol–water partition coefficient (Wildman–Crippen LogP) is 2.14. The molecule has 1 aromatic carbocycles. The van der Waals surface area contributed by atoms with Crippen molar-refractivity contribution < 1.29 is 9.53 Å². The molecule has 0 radical (unpaired) electrons. The first-order valence-electron chi connectivity index (χ1n) is 6.43. The highest BCUT2D eigenvalue weighted by molar-refractivity contribution is 6.31. The number of aryl methyl sites for hydroxylation is 1. The number of amides is 1. The smallest absolute Gasteiger partial charge is 0.220 e. The summed E-state index contributed by atoms with van der Waals surface area (Å²) in [4.78, 5) is 11.4. The number of likely N-dealkylation sites (N-methyl/N-ethyl adjacent to an activating group) is 1. The fraction of sp³-hybridized carbons (Fsp3) is 0.500. The van der Waals surface area contributed by atoms with Gasteiger partial charge in [0.1, 0.15) is 5.75 Å². The van der Waals surface area contributed by atoms with Crippen LogP contribution in [-0.4, -0.2) is 32.7 Å². The summed E-state index contributed by atoms with van der Waals surface area (Å²) < 4.78 is 5.57. The van der Waals surface area contributed by atoms with E-state index in [-0.39, 0.29) is 5.91 Å². The molecule has 19 heavy (non-hydrogen) atoms. The Morgan fingerprint density at radius 1 is 1.37 bits per heavy atom. The predicted molar refractivity (Wildman–Crippen MR) is 77.9 cm³/mol. The zero-order chi connectivity index (χ0) is 14.1. The van der Waals surface area contributed by atoms with Crippen LogP contribution in [-0.2, 0) is 4.79 Å². The highest BCUT2D eigenvalue weighted by atomic mass is 35.5. The summed E-state index contributed by atoms with van der Waals surface area (Å²) in [5, 5.41) is 6.53. The maximum Gasteiger partial charge on any atom is 0.220 e. The van der Waals surface area contributed by atoms with Gasteiger partial charge in [-0.25, -0.2) is 0 Å². The van der Waals surface area contributed by atoms with Gasteiger partial charge in [-0.05, 0) is 44.2 Å². The van der Waals surface area contributed by atoms with Gasteiger partial charge in [0.05, 0.1) is 6.61 Å². The van der Waals surface area contributed by atoms with Crippen molar-refractivity contribution in [2.75, 3.05) is 26.7 Å². The van der Waals surface area contributed by atoms with Crippen molar-refractivity contribution in [2.45, 2.75) is 19.8 Å². The van der Waals surface area contributed by atoms with Crippen LogP contribution in [0.25, 0.3) is 0 Å². The minimum atomic E-state index is 0.0612. The fourth-order valence-electron chi connectivity index (χ4n) is 1.55. The second-order valence-corrected chi connectivity index (χ2v) is 4.72. The third kappa shape index (κ3) is 6.45. The molecule has 0 aliphatic carbocycles. The van der Waals surface area contributed by atoms with Crippen LogP contribution in [0.1, 0.15) is 18.4 Å². The van der Waals surface area contributed by atoms with Gasteiger partial charge in [-0.3, -0.25) is 4.79 Å². The quantitative estimate of drug-likeness (QED) is 0.719. The summed E-state index contributed by atoms with van der Waals surface area (Å²) in [5.74, 6) is 0.851. The van der Waals surface area contributed by atoms with Gasteiger partial charge in [0, 0.05) is 24.5 Å². The minimum Gasteiger partial charge on any atom is -0.494 e. The molecule has 1 rings (SSSR count). The molecule has 0 unspecified atom stereocenters. The van der Waals surface area contributed by atoms with Gasteiger partial charge in [-0.15, -0.1) is 0 Å². The average molecular weight is 285 g/mol. The molecule has 106 valence electrons. The Morgan fingerprint density at radius 2 is 2.16 bits per heavy atom. The molecule has 0 aliphatic heterocycles. The maximum atomic E-state index is 11.4. The highest BCUT2D eigenvalue weighted by Crippen LogP contribution is 2.21. The number of hydrogen-bond acceptors (Lipinski definition) is 3. The number of halogens is 1. The Hall–Kier alpha value is -1.26. The van der Waals surface area contributed by atoms with Gasteiger partial charge in [-0.1, -0.05) is 11.6 Å². The molecule has 0 heterocycles. The molecule has 0 atom stereocenters. The first kappa shape index (κ1) is 15.8. The second kappa shape index (κ2) is 8.77. The van der Waals surface area contributed by atoms with Crippen LogP contribution in [0.15, 0.2) is 18.2 Å². The lowest BCUT2D eigenvalue weighted by Crippen LogP contribution is -2.30. The molecule has 0 aromatic heterocycles. The Bertz CT molecular complexity index is 410. The fourth-order valence-corrected chi connectivity index (χ4v) is 1.66.